The molecule has 0 aliphatic heterocycles. The number of amides is 1. The largest absolute Gasteiger partial charge is 0.393 e. The van der Waals surface area contributed by atoms with E-state index < -0.39 is 0 Å². The van der Waals surface area contributed by atoms with Gasteiger partial charge in [0.05, 0.1) is 11.7 Å². The quantitative estimate of drug-likeness (QED) is 0.787. The van der Waals surface area contributed by atoms with Gasteiger partial charge in [0.2, 0.25) is 0 Å². The van der Waals surface area contributed by atoms with Crippen LogP contribution in [0.1, 0.15) is 30.6 Å². The molecule has 4 heteroatoms. The lowest BCUT2D eigenvalue weighted by atomic mass is 10.0. The van der Waals surface area contributed by atoms with Gasteiger partial charge in [-0.15, -0.1) is 0 Å². The normalized spacial score (nSPS) is 14.2. The molecule has 1 amide bonds. The molecule has 0 aliphatic rings. The summed E-state index contributed by atoms with van der Waals surface area (Å²) in [7, 11) is 0. The lowest BCUT2D eigenvalue weighted by Gasteiger charge is -2.13. The predicted octanol–water partition coefficient (Wildman–Crippen LogP) is 1.22. The van der Waals surface area contributed by atoms with E-state index in [9.17, 15) is 9.90 Å². The first kappa shape index (κ1) is 12.6. The number of rotatable bonds is 5. The molecule has 1 aromatic rings. The van der Waals surface area contributed by atoms with E-state index in [0.29, 0.717) is 18.5 Å². The van der Waals surface area contributed by atoms with Crippen molar-refractivity contribution in [2.75, 3.05) is 6.54 Å². The van der Waals surface area contributed by atoms with Crippen molar-refractivity contribution in [3.8, 4) is 0 Å². The summed E-state index contributed by atoms with van der Waals surface area (Å²) in [5, 5.41) is 12.0. The van der Waals surface area contributed by atoms with Gasteiger partial charge in [-0.1, -0.05) is 6.92 Å². The summed E-state index contributed by atoms with van der Waals surface area (Å²) in [6.45, 7) is 4.31. The second kappa shape index (κ2) is 6.23. The first-order valence-corrected chi connectivity index (χ1v) is 5.46. The average molecular weight is 222 g/mol. The van der Waals surface area contributed by atoms with Crippen molar-refractivity contribution >= 4 is 5.91 Å². The average Bonchev–Trinajstić information content (AvgIpc) is 2.26. The molecule has 2 N–H and O–H groups in total. The minimum atomic E-state index is -0.328. The van der Waals surface area contributed by atoms with Crippen LogP contribution in [0, 0.1) is 5.92 Å². The van der Waals surface area contributed by atoms with Crippen LogP contribution in [0.15, 0.2) is 24.5 Å². The van der Waals surface area contributed by atoms with Gasteiger partial charge in [0.1, 0.15) is 0 Å². The maximum Gasteiger partial charge on any atom is 0.252 e. The van der Waals surface area contributed by atoms with E-state index in [1.165, 1.54) is 6.20 Å². The zero-order valence-electron chi connectivity index (χ0n) is 9.68. The highest BCUT2D eigenvalue weighted by atomic mass is 16.3. The molecule has 0 spiro atoms. The third-order valence-electron chi connectivity index (χ3n) is 2.28. The number of aromatic nitrogens is 1. The Balaban J connectivity index is 2.36. The van der Waals surface area contributed by atoms with Crippen LogP contribution < -0.4 is 5.32 Å². The number of hydrogen-bond acceptors (Lipinski definition) is 3. The van der Waals surface area contributed by atoms with Crippen LogP contribution >= 0.6 is 0 Å². The Hall–Kier alpha value is -1.42. The van der Waals surface area contributed by atoms with E-state index in [1.807, 2.05) is 6.92 Å². The molecular weight excluding hydrogens is 204 g/mol. The molecule has 16 heavy (non-hydrogen) atoms. The molecule has 2 atom stereocenters. The van der Waals surface area contributed by atoms with Gasteiger partial charge in [-0.05, 0) is 31.4 Å². The molecule has 0 radical (unpaired) electrons. The standard InChI is InChI=1S/C12H18N2O2/c1-9(6-10(2)15)7-14-12(16)11-4-3-5-13-8-11/h3-5,8-10,15H,6-7H2,1-2H3,(H,14,16). The maximum atomic E-state index is 11.6. The number of nitrogens with one attached hydrogen (secondary N) is 1. The molecule has 0 aliphatic carbocycles. The fourth-order valence-corrected chi connectivity index (χ4v) is 1.53. The van der Waals surface area contributed by atoms with Crippen molar-refractivity contribution in [1.82, 2.24) is 10.3 Å². The third kappa shape index (κ3) is 4.40. The molecule has 1 heterocycles. The monoisotopic (exact) mass is 222 g/mol. The topological polar surface area (TPSA) is 62.2 Å². The summed E-state index contributed by atoms with van der Waals surface area (Å²) in [4.78, 5) is 15.5. The molecule has 0 aromatic carbocycles. The van der Waals surface area contributed by atoms with E-state index in [-0.39, 0.29) is 17.9 Å². The second-order valence-corrected chi connectivity index (χ2v) is 4.14. The summed E-state index contributed by atoms with van der Waals surface area (Å²) in [5.41, 5.74) is 0.562. The van der Waals surface area contributed by atoms with Crippen LogP contribution in [0.5, 0.6) is 0 Å². The van der Waals surface area contributed by atoms with Gasteiger partial charge in [-0.2, -0.15) is 0 Å². The molecule has 4 nitrogen and oxygen atoms in total. The molecule has 2 unspecified atom stereocenters. The van der Waals surface area contributed by atoms with E-state index >= 15 is 0 Å². The maximum absolute atomic E-state index is 11.6. The Labute approximate surface area is 95.7 Å². The van der Waals surface area contributed by atoms with Crippen LogP contribution in [-0.2, 0) is 0 Å². The van der Waals surface area contributed by atoms with E-state index in [4.69, 9.17) is 0 Å². The molecule has 88 valence electrons. The molecule has 0 bridgehead atoms. The van der Waals surface area contributed by atoms with Crippen molar-refractivity contribution in [2.24, 2.45) is 5.92 Å². The summed E-state index contributed by atoms with van der Waals surface area (Å²) in [6.07, 6.45) is 3.53. The Morgan fingerprint density at radius 2 is 2.31 bits per heavy atom. The highest BCUT2D eigenvalue weighted by Crippen LogP contribution is 2.04. The number of pyridine rings is 1. The highest BCUT2D eigenvalue weighted by Gasteiger charge is 2.09. The van der Waals surface area contributed by atoms with Gasteiger partial charge in [-0.3, -0.25) is 9.78 Å². The van der Waals surface area contributed by atoms with Gasteiger partial charge < -0.3 is 10.4 Å². The SMILES string of the molecule is CC(O)CC(C)CNC(=O)c1cccnc1. The van der Waals surface area contributed by atoms with Gasteiger partial charge in [0.25, 0.3) is 5.91 Å². The minimum Gasteiger partial charge on any atom is -0.393 e. The first-order chi connectivity index (χ1) is 7.59. The van der Waals surface area contributed by atoms with E-state index in [2.05, 4.69) is 10.3 Å². The number of aliphatic hydroxyl groups is 1. The van der Waals surface area contributed by atoms with Crippen LogP contribution in [0.3, 0.4) is 0 Å². The Morgan fingerprint density at radius 1 is 1.56 bits per heavy atom. The van der Waals surface area contributed by atoms with Crippen molar-refractivity contribution in [1.29, 1.82) is 0 Å². The van der Waals surface area contributed by atoms with Crippen molar-refractivity contribution in [3.05, 3.63) is 30.1 Å². The minimum absolute atomic E-state index is 0.120. The van der Waals surface area contributed by atoms with Crippen LogP contribution in [0.4, 0.5) is 0 Å². The number of nitrogens with zero attached hydrogens (tertiary/aromatic N) is 1. The molecule has 0 fully saturated rings. The zero-order chi connectivity index (χ0) is 12.0. The van der Waals surface area contributed by atoms with Crippen molar-refractivity contribution < 1.29 is 9.90 Å². The molecule has 0 saturated heterocycles. The smallest absolute Gasteiger partial charge is 0.252 e. The molecule has 0 saturated carbocycles. The second-order valence-electron chi connectivity index (χ2n) is 4.14. The first-order valence-electron chi connectivity index (χ1n) is 5.46. The molecule has 1 aromatic heterocycles. The van der Waals surface area contributed by atoms with E-state index in [1.54, 1.807) is 25.3 Å². The van der Waals surface area contributed by atoms with Gasteiger partial charge >= 0.3 is 0 Å². The Morgan fingerprint density at radius 3 is 2.88 bits per heavy atom. The molecule has 1 rings (SSSR count). The van der Waals surface area contributed by atoms with E-state index in [0.717, 1.165) is 0 Å². The van der Waals surface area contributed by atoms with Gasteiger partial charge in [0, 0.05) is 18.9 Å². The van der Waals surface area contributed by atoms with Crippen LogP contribution in [0.2, 0.25) is 0 Å². The molecular formula is C12H18N2O2. The Kier molecular flexibility index (Phi) is 4.92. The number of carbonyl (C=O) groups excluding carboxylic acids is 1. The third-order valence-corrected chi connectivity index (χ3v) is 2.28. The summed E-state index contributed by atoms with van der Waals surface area (Å²) in [5.74, 6) is 0.145. The number of hydrogen-bond donors (Lipinski definition) is 2. The van der Waals surface area contributed by atoms with Crippen molar-refractivity contribution in [2.45, 2.75) is 26.4 Å². The zero-order valence-corrected chi connectivity index (χ0v) is 9.68. The lowest BCUT2D eigenvalue weighted by molar-refractivity contribution is 0.0939. The highest BCUT2D eigenvalue weighted by molar-refractivity contribution is 5.93. The summed E-state index contributed by atoms with van der Waals surface area (Å²) < 4.78 is 0. The predicted molar refractivity (Wildman–Crippen MR) is 62.0 cm³/mol. The fourth-order valence-electron chi connectivity index (χ4n) is 1.53. The summed E-state index contributed by atoms with van der Waals surface area (Å²) >= 11 is 0. The van der Waals surface area contributed by atoms with Crippen molar-refractivity contribution in [3.63, 3.8) is 0 Å². The van der Waals surface area contributed by atoms with Crippen LogP contribution in [0.25, 0.3) is 0 Å². The number of aliphatic hydroxyl groups excluding tert-OH is 1. The lowest BCUT2D eigenvalue weighted by Crippen LogP contribution is -2.29. The number of carbonyl (C=O) groups is 1. The summed E-state index contributed by atoms with van der Waals surface area (Å²) in [6, 6.07) is 3.45. The van der Waals surface area contributed by atoms with Gasteiger partial charge in [-0.25, -0.2) is 0 Å². The van der Waals surface area contributed by atoms with Gasteiger partial charge in [0.15, 0.2) is 0 Å². The fraction of sp³-hybridized carbons (Fsp3) is 0.500. The van der Waals surface area contributed by atoms with Crippen LogP contribution in [-0.4, -0.2) is 28.6 Å². The Bertz CT molecular complexity index is 325.